The summed E-state index contributed by atoms with van der Waals surface area (Å²) < 4.78 is 7.35. The van der Waals surface area contributed by atoms with E-state index in [1.165, 1.54) is 27.6 Å². The molecule has 0 amide bonds. The predicted octanol–water partition coefficient (Wildman–Crippen LogP) is 4.44. The standard InChI is InChI=1S/C21H19N2O/c1-22(2)18-10-7-17(8-11-18)20-12-9-16-5-3-4-6-19(16)21(20)23-13-14-24-15-23/h3-15H,1-2H3/q+1. The van der Waals surface area contributed by atoms with E-state index in [1.807, 2.05) is 10.8 Å². The second kappa shape index (κ2) is 5.85. The number of rotatable bonds is 3. The van der Waals surface area contributed by atoms with Gasteiger partial charge in [-0.1, -0.05) is 36.4 Å². The first kappa shape index (κ1) is 14.5. The Hall–Kier alpha value is -3.07. The van der Waals surface area contributed by atoms with Gasteiger partial charge >= 0.3 is 6.39 Å². The first-order valence-corrected chi connectivity index (χ1v) is 7.97. The topological polar surface area (TPSA) is 20.3 Å². The maximum Gasteiger partial charge on any atom is 0.340 e. The number of fused-ring (bicyclic) bond motifs is 1. The van der Waals surface area contributed by atoms with E-state index in [0.29, 0.717) is 0 Å². The van der Waals surface area contributed by atoms with Gasteiger partial charge < -0.3 is 9.32 Å². The van der Waals surface area contributed by atoms with E-state index in [1.54, 1.807) is 12.7 Å². The zero-order chi connectivity index (χ0) is 16.5. The summed E-state index contributed by atoms with van der Waals surface area (Å²) in [7, 11) is 4.11. The van der Waals surface area contributed by atoms with Gasteiger partial charge in [-0.3, -0.25) is 0 Å². The van der Waals surface area contributed by atoms with Gasteiger partial charge in [0.1, 0.15) is 0 Å². The SMILES string of the molecule is CN(C)c1ccc(-c2ccc3ccccc3c2-[n+]2ccoc2)cc1. The molecule has 0 saturated heterocycles. The Balaban J connectivity index is 1.96. The second-order valence-corrected chi connectivity index (χ2v) is 6.06. The molecule has 118 valence electrons. The summed E-state index contributed by atoms with van der Waals surface area (Å²) in [6.45, 7) is 0. The lowest BCUT2D eigenvalue weighted by Crippen LogP contribution is -2.28. The minimum atomic E-state index is 1.14. The number of hydrogen-bond acceptors (Lipinski definition) is 2. The molecule has 3 aromatic carbocycles. The summed E-state index contributed by atoms with van der Waals surface area (Å²) in [5, 5.41) is 2.42. The van der Waals surface area contributed by atoms with Gasteiger partial charge in [-0.05, 0) is 35.2 Å². The summed E-state index contributed by atoms with van der Waals surface area (Å²) in [4.78, 5) is 2.11. The van der Waals surface area contributed by atoms with E-state index in [0.717, 1.165) is 5.69 Å². The Labute approximate surface area is 141 Å². The minimum Gasteiger partial charge on any atom is -0.412 e. The lowest BCUT2D eigenvalue weighted by molar-refractivity contribution is -0.597. The lowest BCUT2D eigenvalue weighted by Gasteiger charge is -2.13. The molecule has 0 saturated carbocycles. The van der Waals surface area contributed by atoms with E-state index < -0.39 is 0 Å². The second-order valence-electron chi connectivity index (χ2n) is 6.06. The fourth-order valence-corrected chi connectivity index (χ4v) is 3.07. The van der Waals surface area contributed by atoms with Crippen LogP contribution in [0.2, 0.25) is 0 Å². The maximum absolute atomic E-state index is 5.32. The van der Waals surface area contributed by atoms with Gasteiger partial charge in [0, 0.05) is 19.8 Å². The zero-order valence-corrected chi connectivity index (χ0v) is 13.8. The van der Waals surface area contributed by atoms with Crippen molar-refractivity contribution < 1.29 is 8.98 Å². The number of oxazole rings is 1. The fraction of sp³-hybridized carbons (Fsp3) is 0.0952. The average molecular weight is 315 g/mol. The van der Waals surface area contributed by atoms with Crippen molar-refractivity contribution >= 4 is 16.5 Å². The van der Waals surface area contributed by atoms with Gasteiger partial charge in [-0.15, -0.1) is 4.57 Å². The van der Waals surface area contributed by atoms with Crippen LogP contribution in [0.3, 0.4) is 0 Å². The molecule has 3 nitrogen and oxygen atoms in total. The molecule has 24 heavy (non-hydrogen) atoms. The van der Waals surface area contributed by atoms with E-state index in [9.17, 15) is 0 Å². The van der Waals surface area contributed by atoms with E-state index in [-0.39, 0.29) is 0 Å². The molecule has 0 aliphatic heterocycles. The van der Waals surface area contributed by atoms with Crippen LogP contribution in [0.15, 0.2) is 83.9 Å². The summed E-state index contributed by atoms with van der Waals surface area (Å²) in [6, 6.07) is 21.4. The molecule has 0 bridgehead atoms. The number of aromatic nitrogens is 1. The van der Waals surface area contributed by atoms with Crippen molar-refractivity contribution in [2.24, 2.45) is 0 Å². The Morgan fingerprint density at radius 1 is 0.875 bits per heavy atom. The number of hydrogen-bond donors (Lipinski definition) is 0. The van der Waals surface area contributed by atoms with Crippen LogP contribution in [-0.4, -0.2) is 14.1 Å². The average Bonchev–Trinajstić information content (AvgIpc) is 3.15. The third-order valence-electron chi connectivity index (χ3n) is 4.33. The molecule has 0 unspecified atom stereocenters. The van der Waals surface area contributed by atoms with Crippen molar-refractivity contribution in [2.45, 2.75) is 0 Å². The monoisotopic (exact) mass is 315 g/mol. The molecule has 1 heterocycles. The largest absolute Gasteiger partial charge is 0.412 e. The third kappa shape index (κ3) is 2.44. The van der Waals surface area contributed by atoms with Gasteiger partial charge in [0.25, 0.3) is 0 Å². The lowest BCUT2D eigenvalue weighted by atomic mass is 9.98. The smallest absolute Gasteiger partial charge is 0.340 e. The van der Waals surface area contributed by atoms with Gasteiger partial charge in [0.05, 0.1) is 10.9 Å². The van der Waals surface area contributed by atoms with Gasteiger partial charge in [-0.2, -0.15) is 0 Å². The Morgan fingerprint density at radius 3 is 2.38 bits per heavy atom. The summed E-state index contributed by atoms with van der Waals surface area (Å²) >= 11 is 0. The maximum atomic E-state index is 5.32. The molecule has 4 rings (SSSR count). The molecule has 0 fully saturated rings. The molecule has 0 atom stereocenters. The van der Waals surface area contributed by atoms with Crippen molar-refractivity contribution in [1.82, 2.24) is 0 Å². The zero-order valence-electron chi connectivity index (χ0n) is 13.8. The van der Waals surface area contributed by atoms with Crippen LogP contribution in [0.4, 0.5) is 5.69 Å². The van der Waals surface area contributed by atoms with E-state index >= 15 is 0 Å². The Morgan fingerprint density at radius 2 is 1.67 bits per heavy atom. The molecule has 1 aromatic heterocycles. The van der Waals surface area contributed by atoms with Crippen LogP contribution in [0.25, 0.3) is 27.6 Å². The number of anilines is 1. The number of benzene rings is 3. The van der Waals surface area contributed by atoms with Crippen LogP contribution in [0.1, 0.15) is 0 Å². The molecule has 0 spiro atoms. The highest BCUT2D eigenvalue weighted by Gasteiger charge is 2.19. The molecular weight excluding hydrogens is 296 g/mol. The first-order valence-electron chi connectivity index (χ1n) is 7.97. The molecular formula is C21H19N2O+. The van der Waals surface area contributed by atoms with Crippen LogP contribution in [0.5, 0.6) is 0 Å². The molecule has 0 N–H and O–H groups in total. The van der Waals surface area contributed by atoms with Crippen molar-refractivity contribution in [3.63, 3.8) is 0 Å². The van der Waals surface area contributed by atoms with Crippen LogP contribution < -0.4 is 9.47 Å². The fourth-order valence-electron chi connectivity index (χ4n) is 3.07. The van der Waals surface area contributed by atoms with Crippen molar-refractivity contribution in [1.29, 1.82) is 0 Å². The van der Waals surface area contributed by atoms with Crippen molar-refractivity contribution in [2.75, 3.05) is 19.0 Å². The van der Waals surface area contributed by atoms with Crippen molar-refractivity contribution in [3.05, 3.63) is 79.5 Å². The molecule has 0 radical (unpaired) electrons. The summed E-state index contributed by atoms with van der Waals surface area (Å²) in [5.74, 6) is 0. The van der Waals surface area contributed by atoms with E-state index in [4.69, 9.17) is 4.42 Å². The van der Waals surface area contributed by atoms with Crippen LogP contribution in [0, 0.1) is 0 Å². The molecule has 4 aromatic rings. The van der Waals surface area contributed by atoms with Crippen molar-refractivity contribution in [3.8, 4) is 16.8 Å². The number of nitrogens with zero attached hydrogens (tertiary/aromatic N) is 2. The van der Waals surface area contributed by atoms with E-state index in [2.05, 4.69) is 79.7 Å². The minimum absolute atomic E-state index is 1.14. The first-order chi connectivity index (χ1) is 11.7. The quantitative estimate of drug-likeness (QED) is 0.521. The summed E-state index contributed by atoms with van der Waals surface area (Å²) in [6.07, 6.45) is 5.37. The molecule has 3 heteroatoms. The highest BCUT2D eigenvalue weighted by Crippen LogP contribution is 2.31. The van der Waals surface area contributed by atoms with Gasteiger partial charge in [0.15, 0.2) is 6.26 Å². The highest BCUT2D eigenvalue weighted by atomic mass is 16.3. The third-order valence-corrected chi connectivity index (χ3v) is 4.33. The Bertz CT molecular complexity index is 971. The van der Waals surface area contributed by atoms with Gasteiger partial charge in [0.2, 0.25) is 11.9 Å². The molecule has 0 aliphatic rings. The molecule has 0 aliphatic carbocycles. The Kier molecular flexibility index (Phi) is 3.54. The van der Waals surface area contributed by atoms with Crippen LogP contribution in [-0.2, 0) is 0 Å². The van der Waals surface area contributed by atoms with Crippen LogP contribution >= 0.6 is 0 Å². The van der Waals surface area contributed by atoms with Gasteiger partial charge in [-0.25, -0.2) is 0 Å². The summed E-state index contributed by atoms with van der Waals surface area (Å²) in [5.41, 5.74) is 4.71. The normalized spacial score (nSPS) is 10.9. The predicted molar refractivity (Wildman–Crippen MR) is 97.5 cm³/mol. The highest BCUT2D eigenvalue weighted by molar-refractivity contribution is 5.95.